The summed E-state index contributed by atoms with van der Waals surface area (Å²) in [5, 5.41) is 0. The number of piperidine rings is 1. The van der Waals surface area contributed by atoms with E-state index in [4.69, 9.17) is 0 Å². The van der Waals surface area contributed by atoms with Crippen LogP contribution in [0.1, 0.15) is 42.5 Å². The summed E-state index contributed by atoms with van der Waals surface area (Å²) in [4.78, 5) is 29.5. The summed E-state index contributed by atoms with van der Waals surface area (Å²) in [5.74, 6) is 0.479. The van der Waals surface area contributed by atoms with Crippen LogP contribution in [0.5, 0.6) is 5.75 Å². The van der Waals surface area contributed by atoms with E-state index in [9.17, 15) is 18.4 Å². The van der Waals surface area contributed by atoms with E-state index in [1.165, 1.54) is 12.1 Å². The molecule has 0 unspecified atom stereocenters. The van der Waals surface area contributed by atoms with Crippen molar-refractivity contribution < 1.29 is 23.1 Å². The van der Waals surface area contributed by atoms with E-state index in [-0.39, 0.29) is 35.4 Å². The second-order valence-corrected chi connectivity index (χ2v) is 7.83. The van der Waals surface area contributed by atoms with Crippen LogP contribution in [0.3, 0.4) is 0 Å². The molecule has 4 fully saturated rings. The largest absolute Gasteiger partial charge is 0.435 e. The Morgan fingerprint density at radius 3 is 2.59 bits per heavy atom. The fraction of sp³-hybridized carbons (Fsp3) is 0.600. The highest BCUT2D eigenvalue weighted by Gasteiger charge is 2.40. The first-order valence-corrected chi connectivity index (χ1v) is 9.66. The molecule has 5 nitrogen and oxygen atoms in total. The van der Waals surface area contributed by atoms with Crippen LogP contribution in [0.4, 0.5) is 8.78 Å². The number of hydrogen-bond acceptors (Lipinski definition) is 3. The first kappa shape index (κ1) is 18.2. The van der Waals surface area contributed by atoms with Crippen molar-refractivity contribution >= 4 is 11.8 Å². The van der Waals surface area contributed by atoms with Gasteiger partial charge in [0.1, 0.15) is 5.75 Å². The zero-order valence-corrected chi connectivity index (χ0v) is 15.2. The predicted molar refractivity (Wildman–Crippen MR) is 94.5 cm³/mol. The van der Waals surface area contributed by atoms with E-state index >= 15 is 0 Å². The first-order valence-electron chi connectivity index (χ1n) is 9.66. The van der Waals surface area contributed by atoms with Crippen LogP contribution in [0.2, 0.25) is 0 Å². The van der Waals surface area contributed by atoms with Gasteiger partial charge in [-0.3, -0.25) is 9.59 Å². The molecule has 3 saturated heterocycles. The lowest BCUT2D eigenvalue weighted by molar-refractivity contribution is -0.138. The van der Waals surface area contributed by atoms with Crippen LogP contribution in [-0.4, -0.2) is 53.9 Å². The third-order valence-corrected chi connectivity index (χ3v) is 6.05. The maximum Gasteiger partial charge on any atom is 0.387 e. The van der Waals surface area contributed by atoms with Crippen molar-refractivity contribution in [2.75, 3.05) is 19.6 Å². The standard InChI is InChI=1S/C20H24F2N2O3/c21-20(22)27-17-6-2-5-15(9-17)19(26)24-11-13-7-8-16(24)12-23(10-13)18(25)14-3-1-4-14/h2,5-6,9,13-14,16,20H,1,3-4,7-8,10-12H2/t13-,16+/m0/s1. The average Bonchev–Trinajstić information content (AvgIpc) is 2.91. The van der Waals surface area contributed by atoms with Gasteiger partial charge in [-0.15, -0.1) is 0 Å². The topological polar surface area (TPSA) is 49.9 Å². The Morgan fingerprint density at radius 1 is 1.07 bits per heavy atom. The van der Waals surface area contributed by atoms with Crippen molar-refractivity contribution in [1.82, 2.24) is 9.80 Å². The van der Waals surface area contributed by atoms with Crippen LogP contribution >= 0.6 is 0 Å². The molecule has 1 aliphatic carbocycles. The molecule has 3 aliphatic heterocycles. The zero-order chi connectivity index (χ0) is 19.0. The Bertz CT molecular complexity index is 723. The molecule has 2 bridgehead atoms. The minimum absolute atomic E-state index is 0.0139. The fourth-order valence-electron chi connectivity index (χ4n) is 4.40. The number of hydrogen-bond donors (Lipinski definition) is 0. The molecule has 1 aromatic rings. The number of rotatable bonds is 4. The molecular formula is C20H24F2N2O3. The van der Waals surface area contributed by atoms with Crippen molar-refractivity contribution in [3.05, 3.63) is 29.8 Å². The van der Waals surface area contributed by atoms with Gasteiger partial charge in [0.05, 0.1) is 0 Å². The Morgan fingerprint density at radius 2 is 1.89 bits per heavy atom. The lowest BCUT2D eigenvalue weighted by Gasteiger charge is -2.36. The third-order valence-electron chi connectivity index (χ3n) is 6.05. The van der Waals surface area contributed by atoms with Crippen LogP contribution in [-0.2, 0) is 4.79 Å². The number of fused-ring (bicyclic) bond motifs is 4. The molecule has 0 spiro atoms. The number of carbonyl (C=O) groups is 2. The molecule has 1 aromatic carbocycles. The Balaban J connectivity index is 1.49. The smallest absolute Gasteiger partial charge is 0.387 e. The molecule has 0 radical (unpaired) electrons. The highest BCUT2D eigenvalue weighted by molar-refractivity contribution is 5.95. The van der Waals surface area contributed by atoms with E-state index in [0.29, 0.717) is 25.2 Å². The Hall–Kier alpha value is -2.18. The molecule has 1 saturated carbocycles. The van der Waals surface area contributed by atoms with Gasteiger partial charge in [0.25, 0.3) is 5.91 Å². The number of carbonyl (C=O) groups excluding carboxylic acids is 2. The number of nitrogens with zero attached hydrogens (tertiary/aromatic N) is 2. The van der Waals surface area contributed by atoms with Crippen molar-refractivity contribution in [2.24, 2.45) is 11.8 Å². The molecule has 0 N–H and O–H groups in total. The maximum atomic E-state index is 13.0. The quantitative estimate of drug-likeness (QED) is 0.809. The van der Waals surface area contributed by atoms with E-state index in [1.54, 1.807) is 12.1 Å². The van der Waals surface area contributed by atoms with Gasteiger partial charge in [0, 0.05) is 37.2 Å². The van der Waals surface area contributed by atoms with E-state index in [0.717, 1.165) is 32.1 Å². The van der Waals surface area contributed by atoms with Gasteiger partial charge in [0.2, 0.25) is 5.91 Å². The number of amides is 2. The second-order valence-electron chi connectivity index (χ2n) is 7.83. The van der Waals surface area contributed by atoms with Crippen molar-refractivity contribution in [1.29, 1.82) is 0 Å². The number of alkyl halides is 2. The monoisotopic (exact) mass is 378 g/mol. The molecule has 3 heterocycles. The maximum absolute atomic E-state index is 13.0. The highest BCUT2D eigenvalue weighted by Crippen LogP contribution is 2.33. The first-order chi connectivity index (χ1) is 13.0. The van der Waals surface area contributed by atoms with Crippen molar-refractivity contribution in [3.63, 3.8) is 0 Å². The van der Waals surface area contributed by atoms with Crippen molar-refractivity contribution in [3.8, 4) is 5.75 Å². The van der Waals surface area contributed by atoms with Gasteiger partial charge in [-0.2, -0.15) is 8.78 Å². The normalized spacial score (nSPS) is 25.3. The molecule has 2 atom stereocenters. The Labute approximate surface area is 157 Å². The molecular weight excluding hydrogens is 354 g/mol. The summed E-state index contributed by atoms with van der Waals surface area (Å²) in [6, 6.07) is 5.94. The summed E-state index contributed by atoms with van der Waals surface area (Å²) in [5.41, 5.74) is 0.345. The second kappa shape index (κ2) is 7.44. The van der Waals surface area contributed by atoms with Gasteiger partial charge in [-0.05, 0) is 49.8 Å². The molecule has 2 amide bonds. The number of benzene rings is 1. The van der Waals surface area contributed by atoms with Gasteiger partial charge in [0.15, 0.2) is 0 Å². The lowest BCUT2D eigenvalue weighted by Crippen LogP contribution is -2.48. The highest BCUT2D eigenvalue weighted by atomic mass is 19.3. The van der Waals surface area contributed by atoms with Crippen LogP contribution in [0, 0.1) is 11.8 Å². The third kappa shape index (κ3) is 3.77. The Kier molecular flexibility index (Phi) is 5.02. The van der Waals surface area contributed by atoms with Gasteiger partial charge in [-0.25, -0.2) is 0 Å². The predicted octanol–water partition coefficient (Wildman–Crippen LogP) is 3.15. The molecule has 27 heavy (non-hydrogen) atoms. The summed E-state index contributed by atoms with van der Waals surface area (Å²) in [6.07, 6.45) is 4.96. The summed E-state index contributed by atoms with van der Waals surface area (Å²) in [7, 11) is 0. The van der Waals surface area contributed by atoms with Gasteiger partial charge < -0.3 is 14.5 Å². The minimum atomic E-state index is -2.92. The van der Waals surface area contributed by atoms with E-state index < -0.39 is 6.61 Å². The number of halogens is 2. The average molecular weight is 378 g/mol. The summed E-state index contributed by atoms with van der Waals surface area (Å²) in [6.45, 7) is -1.03. The summed E-state index contributed by atoms with van der Waals surface area (Å²) < 4.78 is 29.3. The molecule has 5 rings (SSSR count). The van der Waals surface area contributed by atoms with Gasteiger partial charge in [-0.1, -0.05) is 12.5 Å². The molecule has 146 valence electrons. The van der Waals surface area contributed by atoms with Crippen LogP contribution < -0.4 is 4.74 Å². The lowest BCUT2D eigenvalue weighted by atomic mass is 9.84. The fourth-order valence-corrected chi connectivity index (χ4v) is 4.40. The van der Waals surface area contributed by atoms with Crippen LogP contribution in [0.15, 0.2) is 24.3 Å². The molecule has 0 aromatic heterocycles. The van der Waals surface area contributed by atoms with E-state index in [1.807, 2.05) is 9.80 Å². The minimum Gasteiger partial charge on any atom is -0.435 e. The van der Waals surface area contributed by atoms with Crippen LogP contribution in [0.25, 0.3) is 0 Å². The number of ether oxygens (including phenoxy) is 1. The SMILES string of the molecule is O=C(C1CCC1)N1C[C@@H]2CC[C@H](C1)N(C(=O)c1cccc(OC(F)F)c1)C2. The summed E-state index contributed by atoms with van der Waals surface area (Å²) >= 11 is 0. The van der Waals surface area contributed by atoms with E-state index in [2.05, 4.69) is 4.74 Å². The van der Waals surface area contributed by atoms with Crippen molar-refractivity contribution in [2.45, 2.75) is 44.8 Å². The molecule has 4 aliphatic rings. The zero-order valence-electron chi connectivity index (χ0n) is 15.2. The van der Waals surface area contributed by atoms with Gasteiger partial charge >= 0.3 is 6.61 Å². The molecule has 7 heteroatoms.